The number of nitrogens with one attached hydrogen (secondary N) is 3. The third-order valence-corrected chi connectivity index (χ3v) is 4.96. The van der Waals surface area contributed by atoms with Crippen LogP contribution in [0.25, 0.3) is 0 Å². The lowest BCUT2D eigenvalue weighted by molar-refractivity contribution is -0.123. The summed E-state index contributed by atoms with van der Waals surface area (Å²) in [5.74, 6) is 0.00800. The van der Waals surface area contributed by atoms with Crippen LogP contribution in [-0.2, 0) is 4.79 Å². The lowest BCUT2D eigenvalue weighted by Crippen LogP contribution is -2.53. The van der Waals surface area contributed by atoms with Gasteiger partial charge in [-0.05, 0) is 32.1 Å². The molecule has 0 heterocycles. The van der Waals surface area contributed by atoms with Gasteiger partial charge in [0.2, 0.25) is 5.91 Å². The minimum absolute atomic E-state index is 0. The molecule has 5 N–H and O–H groups in total. The number of hydrogen-bond acceptors (Lipinski definition) is 3. The number of urea groups is 1. The normalized spacial score (nSPS) is 15.3. The largest absolute Gasteiger partial charge is 0.349 e. The van der Waals surface area contributed by atoms with Crippen LogP contribution >= 0.6 is 12.4 Å². The highest BCUT2D eigenvalue weighted by atomic mass is 35.5. The zero-order valence-corrected chi connectivity index (χ0v) is 16.0. The first kappa shape index (κ1) is 23.0. The number of amides is 3. The molecule has 1 fully saturated rings. The molecule has 0 radical (unpaired) electrons. The Morgan fingerprint density at radius 3 is 2.29 bits per heavy atom. The summed E-state index contributed by atoms with van der Waals surface area (Å²) in [5, 5.41) is 8.88. The van der Waals surface area contributed by atoms with Crippen LogP contribution in [0.3, 0.4) is 0 Å². The van der Waals surface area contributed by atoms with Gasteiger partial charge in [-0.1, -0.05) is 33.1 Å². The van der Waals surface area contributed by atoms with Crippen molar-refractivity contribution in [2.24, 2.45) is 5.73 Å². The summed E-state index contributed by atoms with van der Waals surface area (Å²) in [6.45, 7) is 5.04. The van der Waals surface area contributed by atoms with Gasteiger partial charge >= 0.3 is 6.03 Å². The van der Waals surface area contributed by atoms with Gasteiger partial charge in [0.25, 0.3) is 0 Å². The van der Waals surface area contributed by atoms with Crippen molar-refractivity contribution >= 4 is 24.3 Å². The van der Waals surface area contributed by atoms with E-state index in [1.807, 2.05) is 13.8 Å². The van der Waals surface area contributed by atoms with Crippen LogP contribution in [0, 0.1) is 0 Å². The molecule has 3 amide bonds. The van der Waals surface area contributed by atoms with Crippen molar-refractivity contribution in [1.29, 1.82) is 0 Å². The van der Waals surface area contributed by atoms with E-state index in [9.17, 15) is 9.59 Å². The fraction of sp³-hybridized carbons (Fsp3) is 0.882. The lowest BCUT2D eigenvalue weighted by atomic mass is 9.92. The molecule has 0 aromatic rings. The molecule has 1 aliphatic carbocycles. The summed E-state index contributed by atoms with van der Waals surface area (Å²) in [5.41, 5.74) is 5.49. The van der Waals surface area contributed by atoms with Crippen molar-refractivity contribution in [2.75, 3.05) is 13.1 Å². The molecule has 0 spiro atoms. The standard InChI is InChI=1S/C17H34N4O2.ClH/c1-3-17(4-2,13-18)21-15(22)11-8-12-19-16(23)20-14-9-6-5-7-10-14;/h14H,3-13,18H2,1-2H3,(H,21,22)(H2,19,20,23);1H. The molecule has 0 unspecified atom stereocenters. The van der Waals surface area contributed by atoms with Gasteiger partial charge < -0.3 is 21.7 Å². The molecule has 1 saturated carbocycles. The average molecular weight is 363 g/mol. The van der Waals surface area contributed by atoms with Crippen LogP contribution in [0.4, 0.5) is 4.79 Å². The molecule has 0 bridgehead atoms. The Bertz CT molecular complexity index is 361. The predicted octanol–water partition coefficient (Wildman–Crippen LogP) is 2.45. The number of hydrogen-bond donors (Lipinski definition) is 4. The predicted molar refractivity (Wildman–Crippen MR) is 100 cm³/mol. The van der Waals surface area contributed by atoms with Gasteiger partial charge in [0.05, 0.1) is 5.54 Å². The van der Waals surface area contributed by atoms with Gasteiger partial charge in [0, 0.05) is 25.6 Å². The van der Waals surface area contributed by atoms with Gasteiger partial charge in [0.15, 0.2) is 0 Å². The highest BCUT2D eigenvalue weighted by Crippen LogP contribution is 2.17. The van der Waals surface area contributed by atoms with E-state index >= 15 is 0 Å². The second kappa shape index (κ2) is 12.4. The van der Waals surface area contributed by atoms with E-state index in [-0.39, 0.29) is 29.9 Å². The second-order valence-corrected chi connectivity index (χ2v) is 6.58. The van der Waals surface area contributed by atoms with E-state index in [0.717, 1.165) is 25.7 Å². The Morgan fingerprint density at radius 1 is 1.12 bits per heavy atom. The van der Waals surface area contributed by atoms with Crippen molar-refractivity contribution < 1.29 is 9.59 Å². The van der Waals surface area contributed by atoms with Gasteiger partial charge in [-0.2, -0.15) is 0 Å². The number of carbonyl (C=O) groups excluding carboxylic acids is 2. The highest BCUT2D eigenvalue weighted by molar-refractivity contribution is 5.85. The Morgan fingerprint density at radius 2 is 1.75 bits per heavy atom. The fourth-order valence-electron chi connectivity index (χ4n) is 3.06. The molecule has 0 atom stereocenters. The minimum Gasteiger partial charge on any atom is -0.349 e. The van der Waals surface area contributed by atoms with Crippen LogP contribution < -0.4 is 21.7 Å². The van der Waals surface area contributed by atoms with Crippen molar-refractivity contribution in [1.82, 2.24) is 16.0 Å². The minimum atomic E-state index is -0.289. The Hall–Kier alpha value is -1.01. The molecule has 1 aliphatic rings. The van der Waals surface area contributed by atoms with Crippen LogP contribution in [0.2, 0.25) is 0 Å². The van der Waals surface area contributed by atoms with E-state index in [1.54, 1.807) is 0 Å². The molecule has 0 aromatic heterocycles. The van der Waals surface area contributed by atoms with Crippen molar-refractivity contribution in [3.05, 3.63) is 0 Å². The molecular weight excluding hydrogens is 328 g/mol. The molecule has 7 heteroatoms. The Labute approximate surface area is 152 Å². The van der Waals surface area contributed by atoms with E-state index < -0.39 is 0 Å². The third kappa shape index (κ3) is 8.20. The van der Waals surface area contributed by atoms with Gasteiger partial charge in [-0.3, -0.25) is 4.79 Å². The zero-order valence-electron chi connectivity index (χ0n) is 15.2. The molecule has 0 saturated heterocycles. The number of nitrogens with two attached hydrogens (primary N) is 1. The molecular formula is C17H35ClN4O2. The van der Waals surface area contributed by atoms with Crippen LogP contribution in [0.5, 0.6) is 0 Å². The SMILES string of the molecule is CCC(CC)(CN)NC(=O)CCCNC(=O)NC1CCCCC1.Cl. The van der Waals surface area contributed by atoms with Crippen LogP contribution in [0.1, 0.15) is 71.6 Å². The van der Waals surface area contributed by atoms with Crippen molar-refractivity contribution in [2.45, 2.75) is 83.2 Å². The summed E-state index contributed by atoms with van der Waals surface area (Å²) < 4.78 is 0. The molecule has 0 aliphatic heterocycles. The Balaban J connectivity index is 0.00000529. The molecule has 24 heavy (non-hydrogen) atoms. The summed E-state index contributed by atoms with van der Waals surface area (Å²) in [6, 6.07) is 0.196. The van der Waals surface area contributed by atoms with Crippen LogP contribution in [-0.4, -0.2) is 36.6 Å². The summed E-state index contributed by atoms with van der Waals surface area (Å²) in [6.07, 6.45) is 8.52. The number of rotatable bonds is 9. The van der Waals surface area contributed by atoms with Crippen LogP contribution in [0.15, 0.2) is 0 Å². The fourth-order valence-corrected chi connectivity index (χ4v) is 3.06. The highest BCUT2D eigenvalue weighted by Gasteiger charge is 2.25. The monoisotopic (exact) mass is 362 g/mol. The number of halogens is 1. The summed E-state index contributed by atoms with van der Waals surface area (Å²) in [7, 11) is 0. The maximum atomic E-state index is 12.0. The first-order chi connectivity index (χ1) is 11.0. The first-order valence-electron chi connectivity index (χ1n) is 9.10. The van der Waals surface area contributed by atoms with E-state index in [1.165, 1.54) is 19.3 Å². The number of carbonyl (C=O) groups is 2. The topological polar surface area (TPSA) is 96.2 Å². The smallest absolute Gasteiger partial charge is 0.315 e. The van der Waals surface area contributed by atoms with E-state index in [0.29, 0.717) is 32.0 Å². The lowest BCUT2D eigenvalue weighted by Gasteiger charge is -2.31. The Kier molecular flexibility index (Phi) is 11.8. The maximum Gasteiger partial charge on any atom is 0.315 e. The molecule has 6 nitrogen and oxygen atoms in total. The summed E-state index contributed by atoms with van der Waals surface area (Å²) >= 11 is 0. The first-order valence-corrected chi connectivity index (χ1v) is 9.10. The van der Waals surface area contributed by atoms with Gasteiger partial charge in [-0.25, -0.2) is 4.79 Å². The molecule has 142 valence electrons. The maximum absolute atomic E-state index is 12.0. The molecule has 0 aromatic carbocycles. The van der Waals surface area contributed by atoms with Gasteiger partial charge in [0.1, 0.15) is 0 Å². The van der Waals surface area contributed by atoms with E-state index in [2.05, 4.69) is 16.0 Å². The van der Waals surface area contributed by atoms with Gasteiger partial charge in [-0.15, -0.1) is 12.4 Å². The van der Waals surface area contributed by atoms with Crippen molar-refractivity contribution in [3.8, 4) is 0 Å². The average Bonchev–Trinajstić information content (AvgIpc) is 2.57. The van der Waals surface area contributed by atoms with Crippen molar-refractivity contribution in [3.63, 3.8) is 0 Å². The quantitative estimate of drug-likeness (QED) is 0.474. The summed E-state index contributed by atoms with van der Waals surface area (Å²) in [4.78, 5) is 23.8. The second-order valence-electron chi connectivity index (χ2n) is 6.58. The third-order valence-electron chi connectivity index (χ3n) is 4.96. The zero-order chi connectivity index (χ0) is 17.1. The van der Waals surface area contributed by atoms with E-state index in [4.69, 9.17) is 5.73 Å². The molecule has 1 rings (SSSR count).